The lowest BCUT2D eigenvalue weighted by Crippen LogP contribution is -2.48. The molecular formula is C14H28N2OS. The number of nitrogens with one attached hydrogen (secondary N) is 1. The molecule has 2 aliphatic rings. The lowest BCUT2D eigenvalue weighted by atomic mass is 10.0. The molecular weight excluding hydrogens is 244 g/mol. The van der Waals surface area contributed by atoms with Gasteiger partial charge in [-0.2, -0.15) is 0 Å². The summed E-state index contributed by atoms with van der Waals surface area (Å²) >= 11 is 0. The Morgan fingerprint density at radius 3 is 2.50 bits per heavy atom. The Morgan fingerprint density at radius 1 is 1.17 bits per heavy atom. The van der Waals surface area contributed by atoms with E-state index in [1.807, 2.05) is 0 Å². The summed E-state index contributed by atoms with van der Waals surface area (Å²) in [6.45, 7) is 7.01. The van der Waals surface area contributed by atoms with E-state index in [1.54, 1.807) is 0 Å². The molecule has 2 atom stereocenters. The van der Waals surface area contributed by atoms with E-state index in [1.165, 1.54) is 32.4 Å². The summed E-state index contributed by atoms with van der Waals surface area (Å²) < 4.78 is 11.4. The van der Waals surface area contributed by atoms with Crippen molar-refractivity contribution in [1.29, 1.82) is 0 Å². The SMILES string of the molecule is CCC1CCN(C2CCS(=O)CC2)CCC(C)N1. The molecule has 0 amide bonds. The minimum absolute atomic E-state index is 0.528. The Kier molecular flexibility index (Phi) is 5.64. The quantitative estimate of drug-likeness (QED) is 0.831. The highest BCUT2D eigenvalue weighted by Crippen LogP contribution is 2.19. The van der Waals surface area contributed by atoms with Crippen molar-refractivity contribution in [3.63, 3.8) is 0 Å². The summed E-state index contributed by atoms with van der Waals surface area (Å²) in [6, 6.07) is 2.02. The second-order valence-corrected chi connectivity index (χ2v) is 7.56. The fourth-order valence-corrected chi connectivity index (χ4v) is 4.47. The molecule has 1 N–H and O–H groups in total. The van der Waals surface area contributed by atoms with Crippen LogP contribution in [0.4, 0.5) is 0 Å². The number of hydrogen-bond donors (Lipinski definition) is 1. The van der Waals surface area contributed by atoms with E-state index in [0.717, 1.165) is 24.3 Å². The Bertz CT molecular complexity index is 275. The normalized spacial score (nSPS) is 40.1. The molecule has 18 heavy (non-hydrogen) atoms. The van der Waals surface area contributed by atoms with Crippen molar-refractivity contribution in [3.05, 3.63) is 0 Å². The van der Waals surface area contributed by atoms with E-state index in [2.05, 4.69) is 24.1 Å². The van der Waals surface area contributed by atoms with Gasteiger partial charge in [0.15, 0.2) is 0 Å². The van der Waals surface area contributed by atoms with Crippen LogP contribution in [0.3, 0.4) is 0 Å². The van der Waals surface area contributed by atoms with Crippen LogP contribution >= 0.6 is 0 Å². The standard InChI is InChI=1S/C14H28N2OS/c1-3-13-5-9-16(8-4-12(2)15-13)14-6-10-18(17)11-7-14/h12-15H,3-11H2,1-2H3. The van der Waals surface area contributed by atoms with Gasteiger partial charge in [-0.3, -0.25) is 4.21 Å². The fourth-order valence-electron chi connectivity index (χ4n) is 3.20. The zero-order chi connectivity index (χ0) is 13.0. The summed E-state index contributed by atoms with van der Waals surface area (Å²) in [5.41, 5.74) is 0. The van der Waals surface area contributed by atoms with Crippen LogP contribution in [0.25, 0.3) is 0 Å². The fraction of sp³-hybridized carbons (Fsp3) is 1.00. The Labute approximate surface area is 114 Å². The largest absolute Gasteiger partial charge is 0.311 e. The summed E-state index contributed by atoms with van der Waals surface area (Å²) in [6.07, 6.45) is 6.03. The van der Waals surface area contributed by atoms with Crippen molar-refractivity contribution in [2.75, 3.05) is 24.6 Å². The van der Waals surface area contributed by atoms with Gasteiger partial charge in [0, 0.05) is 40.4 Å². The van der Waals surface area contributed by atoms with Gasteiger partial charge in [-0.15, -0.1) is 0 Å². The third-order valence-corrected chi connectivity index (χ3v) is 5.88. The van der Waals surface area contributed by atoms with Crippen LogP contribution in [0.5, 0.6) is 0 Å². The lowest BCUT2D eigenvalue weighted by Gasteiger charge is -2.38. The minimum Gasteiger partial charge on any atom is -0.311 e. The van der Waals surface area contributed by atoms with Crippen molar-refractivity contribution in [2.24, 2.45) is 0 Å². The number of rotatable bonds is 2. The topological polar surface area (TPSA) is 32.3 Å². The molecule has 2 fully saturated rings. The van der Waals surface area contributed by atoms with Crippen molar-refractivity contribution in [2.45, 2.75) is 64.1 Å². The summed E-state index contributed by atoms with van der Waals surface area (Å²) in [5.74, 6) is 1.85. The Hall–Kier alpha value is 0.0700. The van der Waals surface area contributed by atoms with Crippen LogP contribution in [0.1, 0.15) is 46.0 Å². The molecule has 0 radical (unpaired) electrons. The van der Waals surface area contributed by atoms with Gasteiger partial charge < -0.3 is 10.2 Å². The van der Waals surface area contributed by atoms with Gasteiger partial charge in [-0.1, -0.05) is 6.92 Å². The highest BCUT2D eigenvalue weighted by Gasteiger charge is 2.26. The van der Waals surface area contributed by atoms with Crippen molar-refractivity contribution in [3.8, 4) is 0 Å². The maximum Gasteiger partial charge on any atom is 0.0249 e. The first-order chi connectivity index (χ1) is 8.69. The zero-order valence-corrected chi connectivity index (χ0v) is 12.7. The molecule has 2 unspecified atom stereocenters. The zero-order valence-electron chi connectivity index (χ0n) is 11.9. The smallest absolute Gasteiger partial charge is 0.0249 e. The van der Waals surface area contributed by atoms with Gasteiger partial charge in [0.25, 0.3) is 0 Å². The second-order valence-electron chi connectivity index (χ2n) is 5.87. The molecule has 0 aromatic carbocycles. The van der Waals surface area contributed by atoms with Crippen LogP contribution in [0.15, 0.2) is 0 Å². The highest BCUT2D eigenvalue weighted by atomic mass is 32.2. The molecule has 2 aliphatic heterocycles. The highest BCUT2D eigenvalue weighted by molar-refractivity contribution is 7.85. The molecule has 3 nitrogen and oxygen atoms in total. The molecule has 2 rings (SSSR count). The van der Waals surface area contributed by atoms with Crippen molar-refractivity contribution in [1.82, 2.24) is 10.2 Å². The molecule has 2 saturated heterocycles. The molecule has 2 heterocycles. The van der Waals surface area contributed by atoms with E-state index in [9.17, 15) is 4.21 Å². The van der Waals surface area contributed by atoms with Crippen LogP contribution < -0.4 is 5.32 Å². The molecule has 0 aromatic rings. The van der Waals surface area contributed by atoms with Crippen LogP contribution in [0, 0.1) is 0 Å². The number of hydrogen-bond acceptors (Lipinski definition) is 3. The van der Waals surface area contributed by atoms with E-state index in [0.29, 0.717) is 18.1 Å². The van der Waals surface area contributed by atoms with Gasteiger partial charge in [-0.05, 0) is 52.1 Å². The first kappa shape index (κ1) is 14.5. The Balaban J connectivity index is 1.89. The van der Waals surface area contributed by atoms with Crippen LogP contribution in [0.2, 0.25) is 0 Å². The van der Waals surface area contributed by atoms with E-state index >= 15 is 0 Å². The van der Waals surface area contributed by atoms with Gasteiger partial charge >= 0.3 is 0 Å². The average molecular weight is 272 g/mol. The molecule has 0 spiro atoms. The van der Waals surface area contributed by atoms with Gasteiger partial charge in [-0.25, -0.2) is 0 Å². The predicted octanol–water partition coefficient (Wildman–Crippen LogP) is 1.75. The Morgan fingerprint density at radius 2 is 1.83 bits per heavy atom. The third-order valence-electron chi connectivity index (χ3n) is 4.50. The van der Waals surface area contributed by atoms with Crippen molar-refractivity contribution < 1.29 is 4.21 Å². The first-order valence-electron chi connectivity index (χ1n) is 7.54. The average Bonchev–Trinajstić information content (AvgIpc) is 2.36. The molecule has 4 heteroatoms. The molecule has 0 bridgehead atoms. The van der Waals surface area contributed by atoms with Gasteiger partial charge in [0.1, 0.15) is 0 Å². The van der Waals surface area contributed by atoms with Gasteiger partial charge in [0.2, 0.25) is 0 Å². The summed E-state index contributed by atoms with van der Waals surface area (Å²) in [4.78, 5) is 2.68. The van der Waals surface area contributed by atoms with Gasteiger partial charge in [0.05, 0.1) is 0 Å². The monoisotopic (exact) mass is 272 g/mol. The van der Waals surface area contributed by atoms with E-state index in [4.69, 9.17) is 0 Å². The predicted molar refractivity (Wildman–Crippen MR) is 78.4 cm³/mol. The maximum atomic E-state index is 11.4. The molecule has 0 aliphatic carbocycles. The van der Waals surface area contributed by atoms with E-state index < -0.39 is 10.8 Å². The van der Waals surface area contributed by atoms with Crippen LogP contribution in [-0.2, 0) is 10.8 Å². The maximum absolute atomic E-state index is 11.4. The molecule has 0 saturated carbocycles. The summed E-state index contributed by atoms with van der Waals surface area (Å²) in [5, 5.41) is 3.72. The summed E-state index contributed by atoms with van der Waals surface area (Å²) in [7, 11) is -0.528. The molecule has 106 valence electrons. The number of nitrogens with zero attached hydrogens (tertiary/aromatic N) is 1. The van der Waals surface area contributed by atoms with E-state index in [-0.39, 0.29) is 0 Å². The third kappa shape index (κ3) is 4.04. The minimum atomic E-state index is -0.528. The lowest BCUT2D eigenvalue weighted by molar-refractivity contribution is 0.150. The molecule has 0 aromatic heterocycles. The van der Waals surface area contributed by atoms with Crippen molar-refractivity contribution >= 4 is 10.8 Å². The second kappa shape index (κ2) is 7.01. The first-order valence-corrected chi connectivity index (χ1v) is 9.03. The van der Waals surface area contributed by atoms with Crippen LogP contribution in [-0.4, -0.2) is 51.8 Å².